The van der Waals surface area contributed by atoms with Crippen molar-refractivity contribution in [3.63, 3.8) is 0 Å². The van der Waals surface area contributed by atoms with Gasteiger partial charge in [0, 0.05) is 24.6 Å². The topological polar surface area (TPSA) is 38.8 Å². The van der Waals surface area contributed by atoms with E-state index in [4.69, 9.17) is 9.47 Å². The zero-order valence-electron chi connectivity index (χ0n) is 13.1. The Hall–Kier alpha value is -2.49. The molecule has 2 aromatic rings. The lowest BCUT2D eigenvalue weighted by Crippen LogP contribution is -2.28. The first-order chi connectivity index (χ1) is 11.2. The molecule has 4 nitrogen and oxygen atoms in total. The Kier molecular flexibility index (Phi) is 3.45. The van der Waals surface area contributed by atoms with Crippen LogP contribution in [0, 0.1) is 6.92 Å². The van der Waals surface area contributed by atoms with Crippen molar-refractivity contribution in [1.82, 2.24) is 4.90 Å². The molecule has 1 amide bonds. The van der Waals surface area contributed by atoms with Crippen LogP contribution in [0.25, 0.3) is 0 Å². The highest BCUT2D eigenvalue weighted by molar-refractivity contribution is 5.94. The molecule has 0 spiro atoms. The summed E-state index contributed by atoms with van der Waals surface area (Å²) in [7, 11) is 0. The van der Waals surface area contributed by atoms with Gasteiger partial charge in [0.05, 0.1) is 0 Å². The van der Waals surface area contributed by atoms with Gasteiger partial charge in [0.15, 0.2) is 11.5 Å². The standard InChI is InChI=1S/C19H19NO3/c1-13-2-4-14(5-3-13)19(21)20-9-8-16(11-20)15-6-7-17-18(10-15)23-12-22-17/h2-7,10,16H,8-9,11-12H2,1H3. The number of carbonyl (C=O) groups excluding carboxylic acids is 1. The van der Waals surface area contributed by atoms with Gasteiger partial charge in [0.1, 0.15) is 0 Å². The van der Waals surface area contributed by atoms with Crippen molar-refractivity contribution in [2.75, 3.05) is 19.9 Å². The molecule has 1 atom stereocenters. The van der Waals surface area contributed by atoms with Gasteiger partial charge < -0.3 is 14.4 Å². The number of ether oxygens (including phenoxy) is 2. The molecule has 4 rings (SSSR count). The van der Waals surface area contributed by atoms with E-state index in [1.807, 2.05) is 48.2 Å². The second-order valence-electron chi connectivity index (χ2n) is 6.22. The van der Waals surface area contributed by atoms with E-state index in [-0.39, 0.29) is 5.91 Å². The fraction of sp³-hybridized carbons (Fsp3) is 0.316. The number of benzene rings is 2. The minimum absolute atomic E-state index is 0.119. The smallest absolute Gasteiger partial charge is 0.253 e. The number of likely N-dealkylation sites (tertiary alicyclic amines) is 1. The van der Waals surface area contributed by atoms with Gasteiger partial charge in [-0.05, 0) is 43.2 Å². The Balaban J connectivity index is 1.48. The predicted octanol–water partition coefficient (Wildman–Crippen LogP) is 3.35. The largest absolute Gasteiger partial charge is 0.454 e. The van der Waals surface area contributed by atoms with Gasteiger partial charge >= 0.3 is 0 Å². The summed E-state index contributed by atoms with van der Waals surface area (Å²) >= 11 is 0. The summed E-state index contributed by atoms with van der Waals surface area (Å²) in [5.74, 6) is 2.09. The number of amides is 1. The monoisotopic (exact) mass is 309 g/mol. The van der Waals surface area contributed by atoms with Crippen molar-refractivity contribution in [3.8, 4) is 11.5 Å². The number of hydrogen-bond acceptors (Lipinski definition) is 3. The number of carbonyl (C=O) groups is 1. The number of aryl methyl sites for hydroxylation is 1. The quantitative estimate of drug-likeness (QED) is 0.854. The van der Waals surface area contributed by atoms with Crippen LogP contribution < -0.4 is 9.47 Å². The molecule has 2 heterocycles. The second kappa shape index (κ2) is 5.61. The summed E-state index contributed by atoms with van der Waals surface area (Å²) < 4.78 is 10.8. The van der Waals surface area contributed by atoms with E-state index in [0.29, 0.717) is 12.7 Å². The minimum Gasteiger partial charge on any atom is -0.454 e. The maximum Gasteiger partial charge on any atom is 0.253 e. The molecule has 1 fully saturated rings. The van der Waals surface area contributed by atoms with Gasteiger partial charge in [0.25, 0.3) is 5.91 Å². The molecule has 2 aromatic carbocycles. The molecule has 0 aromatic heterocycles. The van der Waals surface area contributed by atoms with Crippen molar-refractivity contribution in [2.45, 2.75) is 19.3 Å². The van der Waals surface area contributed by atoms with Crippen LogP contribution in [-0.4, -0.2) is 30.7 Å². The van der Waals surface area contributed by atoms with Gasteiger partial charge in [-0.25, -0.2) is 0 Å². The van der Waals surface area contributed by atoms with Crippen LogP contribution in [0.5, 0.6) is 11.5 Å². The molecule has 2 aliphatic heterocycles. The van der Waals surface area contributed by atoms with Crippen LogP contribution >= 0.6 is 0 Å². The molecule has 1 unspecified atom stereocenters. The summed E-state index contributed by atoms with van der Waals surface area (Å²) in [4.78, 5) is 14.5. The van der Waals surface area contributed by atoms with Crippen molar-refractivity contribution in [1.29, 1.82) is 0 Å². The average Bonchev–Trinajstić information content (AvgIpc) is 3.23. The Bertz CT molecular complexity index is 739. The normalized spacial score (nSPS) is 19.2. The third-order valence-corrected chi connectivity index (χ3v) is 4.64. The molecule has 23 heavy (non-hydrogen) atoms. The molecule has 4 heteroatoms. The van der Waals surface area contributed by atoms with Crippen LogP contribution in [0.15, 0.2) is 42.5 Å². The van der Waals surface area contributed by atoms with Crippen molar-refractivity contribution < 1.29 is 14.3 Å². The molecular formula is C19H19NO3. The zero-order chi connectivity index (χ0) is 15.8. The van der Waals surface area contributed by atoms with Crippen LogP contribution in [-0.2, 0) is 0 Å². The SMILES string of the molecule is Cc1ccc(C(=O)N2CCC(c3ccc4c(c3)OCO4)C2)cc1. The Morgan fingerprint density at radius 1 is 1.09 bits per heavy atom. The van der Waals surface area contributed by atoms with Gasteiger partial charge in [-0.1, -0.05) is 23.8 Å². The van der Waals surface area contributed by atoms with Gasteiger partial charge in [0.2, 0.25) is 6.79 Å². The summed E-state index contributed by atoms with van der Waals surface area (Å²) in [5, 5.41) is 0. The Morgan fingerprint density at radius 2 is 1.87 bits per heavy atom. The molecule has 0 N–H and O–H groups in total. The molecule has 0 bridgehead atoms. The first-order valence-corrected chi connectivity index (χ1v) is 7.96. The molecule has 2 aliphatic rings. The van der Waals surface area contributed by atoms with E-state index >= 15 is 0 Å². The van der Waals surface area contributed by atoms with E-state index in [0.717, 1.165) is 36.6 Å². The van der Waals surface area contributed by atoms with Gasteiger partial charge in [-0.2, -0.15) is 0 Å². The minimum atomic E-state index is 0.119. The third-order valence-electron chi connectivity index (χ3n) is 4.64. The van der Waals surface area contributed by atoms with E-state index < -0.39 is 0 Å². The van der Waals surface area contributed by atoms with Crippen LogP contribution in [0.2, 0.25) is 0 Å². The first kappa shape index (κ1) is 14.1. The summed E-state index contributed by atoms with van der Waals surface area (Å²) in [5.41, 5.74) is 3.15. The Labute approximate surface area is 135 Å². The molecule has 1 saturated heterocycles. The summed E-state index contributed by atoms with van der Waals surface area (Å²) in [6.45, 7) is 3.87. The number of rotatable bonds is 2. The second-order valence-corrected chi connectivity index (χ2v) is 6.22. The van der Waals surface area contributed by atoms with Crippen LogP contribution in [0.4, 0.5) is 0 Å². The highest BCUT2D eigenvalue weighted by atomic mass is 16.7. The summed E-state index contributed by atoms with van der Waals surface area (Å²) in [6.07, 6.45) is 0.983. The average molecular weight is 309 g/mol. The van der Waals surface area contributed by atoms with Gasteiger partial charge in [-0.15, -0.1) is 0 Å². The molecule has 118 valence electrons. The lowest BCUT2D eigenvalue weighted by molar-refractivity contribution is 0.0791. The highest BCUT2D eigenvalue weighted by Crippen LogP contribution is 2.37. The van der Waals surface area contributed by atoms with E-state index in [1.165, 1.54) is 11.1 Å². The first-order valence-electron chi connectivity index (χ1n) is 7.96. The zero-order valence-corrected chi connectivity index (χ0v) is 13.1. The number of nitrogens with zero attached hydrogens (tertiary/aromatic N) is 1. The van der Waals surface area contributed by atoms with Gasteiger partial charge in [-0.3, -0.25) is 4.79 Å². The fourth-order valence-corrected chi connectivity index (χ4v) is 3.26. The maximum absolute atomic E-state index is 12.6. The lowest BCUT2D eigenvalue weighted by atomic mass is 9.98. The van der Waals surface area contributed by atoms with E-state index in [9.17, 15) is 4.79 Å². The molecule has 0 aliphatic carbocycles. The van der Waals surface area contributed by atoms with Crippen LogP contribution in [0.1, 0.15) is 33.8 Å². The number of hydrogen-bond donors (Lipinski definition) is 0. The molecule has 0 radical (unpaired) electrons. The maximum atomic E-state index is 12.6. The van der Waals surface area contributed by atoms with Crippen LogP contribution in [0.3, 0.4) is 0 Å². The third kappa shape index (κ3) is 2.65. The molecule has 0 saturated carbocycles. The lowest BCUT2D eigenvalue weighted by Gasteiger charge is -2.17. The Morgan fingerprint density at radius 3 is 2.70 bits per heavy atom. The molecular weight excluding hydrogens is 290 g/mol. The number of fused-ring (bicyclic) bond motifs is 1. The van der Waals surface area contributed by atoms with Crippen molar-refractivity contribution >= 4 is 5.91 Å². The van der Waals surface area contributed by atoms with Crippen molar-refractivity contribution in [2.24, 2.45) is 0 Å². The fourth-order valence-electron chi connectivity index (χ4n) is 3.26. The predicted molar refractivity (Wildman–Crippen MR) is 87.0 cm³/mol. The highest BCUT2D eigenvalue weighted by Gasteiger charge is 2.29. The van der Waals surface area contributed by atoms with E-state index in [1.54, 1.807) is 0 Å². The summed E-state index contributed by atoms with van der Waals surface area (Å²) in [6, 6.07) is 13.9. The van der Waals surface area contributed by atoms with Crippen molar-refractivity contribution in [3.05, 3.63) is 59.2 Å². The van der Waals surface area contributed by atoms with E-state index in [2.05, 4.69) is 6.07 Å².